The Hall–Kier alpha value is -2.11. The first-order valence-electron chi connectivity index (χ1n) is 7.73. The third-order valence-electron chi connectivity index (χ3n) is 4.28. The molecule has 22 heavy (non-hydrogen) atoms. The van der Waals surface area contributed by atoms with E-state index in [9.17, 15) is 14.9 Å². The molecule has 0 bridgehead atoms. The van der Waals surface area contributed by atoms with Gasteiger partial charge < -0.3 is 10.2 Å². The fourth-order valence-electron chi connectivity index (χ4n) is 2.47. The smallest absolute Gasteiger partial charge is 0.269 e. The summed E-state index contributed by atoms with van der Waals surface area (Å²) in [6.07, 6.45) is 3.74. The highest BCUT2D eigenvalue weighted by Crippen LogP contribution is 2.34. The van der Waals surface area contributed by atoms with Crippen molar-refractivity contribution in [3.63, 3.8) is 0 Å². The number of nitrogens with zero attached hydrogens (tertiary/aromatic N) is 2. The quantitative estimate of drug-likeness (QED) is 0.455. The Morgan fingerprint density at radius 2 is 2.05 bits per heavy atom. The summed E-state index contributed by atoms with van der Waals surface area (Å²) in [5.41, 5.74) is 0.911. The van der Waals surface area contributed by atoms with Gasteiger partial charge in [-0.25, -0.2) is 0 Å². The number of hydrogen-bond donors (Lipinski definition) is 1. The van der Waals surface area contributed by atoms with Gasteiger partial charge in [0, 0.05) is 43.9 Å². The summed E-state index contributed by atoms with van der Waals surface area (Å²) < 4.78 is 0. The number of nitro benzene ring substituents is 1. The van der Waals surface area contributed by atoms with Crippen molar-refractivity contribution in [2.24, 2.45) is 5.92 Å². The molecule has 1 saturated carbocycles. The number of amides is 1. The first-order chi connectivity index (χ1) is 10.5. The van der Waals surface area contributed by atoms with Crippen LogP contribution in [-0.2, 0) is 4.79 Å². The summed E-state index contributed by atoms with van der Waals surface area (Å²) >= 11 is 0. The second-order valence-electron chi connectivity index (χ2n) is 5.92. The highest BCUT2D eigenvalue weighted by molar-refractivity contribution is 5.76. The number of nitro groups is 1. The van der Waals surface area contributed by atoms with Crippen LogP contribution < -0.4 is 5.32 Å². The molecule has 2 rings (SSSR count). The minimum Gasteiger partial charge on any atom is -0.385 e. The summed E-state index contributed by atoms with van der Waals surface area (Å²) in [4.78, 5) is 24.1. The molecule has 6 heteroatoms. The molecule has 1 atom stereocenters. The standard InChI is InChI=1S/C16H23N3O3/c1-12(13-5-6-13)18(2)16(20)4-3-11-17-14-7-9-15(10-8-14)19(21)22/h7-10,12-13,17H,3-6,11H2,1-2H3. The van der Waals surface area contributed by atoms with E-state index in [1.54, 1.807) is 12.1 Å². The van der Waals surface area contributed by atoms with E-state index in [0.29, 0.717) is 24.9 Å². The van der Waals surface area contributed by atoms with Crippen molar-refractivity contribution in [1.82, 2.24) is 4.90 Å². The fraction of sp³-hybridized carbons (Fsp3) is 0.562. The number of nitrogens with one attached hydrogen (secondary N) is 1. The minimum atomic E-state index is -0.417. The summed E-state index contributed by atoms with van der Waals surface area (Å²) in [5, 5.41) is 13.7. The summed E-state index contributed by atoms with van der Waals surface area (Å²) in [7, 11) is 1.88. The van der Waals surface area contributed by atoms with Crippen LogP contribution in [0.25, 0.3) is 0 Å². The molecule has 0 radical (unpaired) electrons. The van der Waals surface area contributed by atoms with Crippen molar-refractivity contribution in [2.75, 3.05) is 18.9 Å². The highest BCUT2D eigenvalue weighted by atomic mass is 16.6. The highest BCUT2D eigenvalue weighted by Gasteiger charge is 2.32. The molecular weight excluding hydrogens is 282 g/mol. The number of carbonyl (C=O) groups is 1. The predicted octanol–water partition coefficient (Wildman–Crippen LogP) is 3.04. The fourth-order valence-corrected chi connectivity index (χ4v) is 2.47. The molecule has 0 spiro atoms. The van der Waals surface area contributed by atoms with Gasteiger partial charge in [-0.1, -0.05) is 0 Å². The second-order valence-corrected chi connectivity index (χ2v) is 5.92. The van der Waals surface area contributed by atoms with Crippen LogP contribution in [0.2, 0.25) is 0 Å². The Labute approximate surface area is 130 Å². The van der Waals surface area contributed by atoms with Crippen LogP contribution in [0.1, 0.15) is 32.6 Å². The third-order valence-corrected chi connectivity index (χ3v) is 4.28. The van der Waals surface area contributed by atoms with Gasteiger partial charge in [0.25, 0.3) is 5.69 Å². The van der Waals surface area contributed by atoms with Crippen LogP contribution in [0.3, 0.4) is 0 Å². The number of anilines is 1. The lowest BCUT2D eigenvalue weighted by atomic mass is 10.1. The Morgan fingerprint density at radius 1 is 1.41 bits per heavy atom. The van der Waals surface area contributed by atoms with Crippen molar-refractivity contribution in [1.29, 1.82) is 0 Å². The minimum absolute atomic E-state index is 0.0800. The van der Waals surface area contributed by atoms with Crippen LogP contribution in [-0.4, -0.2) is 35.4 Å². The predicted molar refractivity (Wildman–Crippen MR) is 85.8 cm³/mol. The van der Waals surface area contributed by atoms with Gasteiger partial charge in [-0.15, -0.1) is 0 Å². The third kappa shape index (κ3) is 4.44. The molecule has 0 saturated heterocycles. The van der Waals surface area contributed by atoms with Gasteiger partial charge >= 0.3 is 0 Å². The average Bonchev–Trinajstić information content (AvgIpc) is 3.35. The van der Waals surface area contributed by atoms with Crippen molar-refractivity contribution < 1.29 is 9.72 Å². The Kier molecular flexibility index (Phi) is 5.35. The number of non-ortho nitro benzene ring substituents is 1. The molecule has 1 aromatic rings. The number of carbonyl (C=O) groups excluding carboxylic acids is 1. The van der Waals surface area contributed by atoms with E-state index in [1.807, 2.05) is 11.9 Å². The van der Waals surface area contributed by atoms with Gasteiger partial charge in [0.15, 0.2) is 0 Å². The van der Waals surface area contributed by atoms with Crippen LogP contribution in [0.4, 0.5) is 11.4 Å². The topological polar surface area (TPSA) is 75.5 Å². The summed E-state index contributed by atoms with van der Waals surface area (Å²) in [6.45, 7) is 2.79. The Balaban J connectivity index is 1.67. The molecule has 6 nitrogen and oxygen atoms in total. The Bertz CT molecular complexity index is 526. The molecule has 1 unspecified atom stereocenters. The monoisotopic (exact) mass is 305 g/mol. The van der Waals surface area contributed by atoms with E-state index in [4.69, 9.17) is 0 Å². The molecule has 0 aliphatic heterocycles. The van der Waals surface area contributed by atoms with Gasteiger partial charge in [-0.2, -0.15) is 0 Å². The van der Waals surface area contributed by atoms with Gasteiger partial charge in [0.1, 0.15) is 0 Å². The number of benzene rings is 1. The molecule has 1 amide bonds. The van der Waals surface area contributed by atoms with Crippen molar-refractivity contribution in [3.05, 3.63) is 34.4 Å². The SMILES string of the molecule is CC(C1CC1)N(C)C(=O)CCCNc1ccc([N+](=O)[O-])cc1. The lowest BCUT2D eigenvalue weighted by Crippen LogP contribution is -2.36. The molecule has 1 aromatic carbocycles. The van der Waals surface area contributed by atoms with E-state index in [0.717, 1.165) is 12.1 Å². The van der Waals surface area contributed by atoms with E-state index in [2.05, 4.69) is 12.2 Å². The average molecular weight is 305 g/mol. The lowest BCUT2D eigenvalue weighted by molar-refractivity contribution is -0.384. The maximum absolute atomic E-state index is 12.1. The normalized spacial score (nSPS) is 15.2. The van der Waals surface area contributed by atoms with Crippen molar-refractivity contribution >= 4 is 17.3 Å². The molecule has 1 aliphatic carbocycles. The van der Waals surface area contributed by atoms with E-state index in [1.165, 1.54) is 25.0 Å². The van der Waals surface area contributed by atoms with Crippen LogP contribution in [0.5, 0.6) is 0 Å². The first kappa shape index (κ1) is 16.3. The van der Waals surface area contributed by atoms with Crippen molar-refractivity contribution in [3.8, 4) is 0 Å². The molecule has 1 aliphatic rings. The van der Waals surface area contributed by atoms with E-state index >= 15 is 0 Å². The van der Waals surface area contributed by atoms with Gasteiger partial charge in [-0.05, 0) is 44.2 Å². The van der Waals surface area contributed by atoms with E-state index in [-0.39, 0.29) is 11.6 Å². The van der Waals surface area contributed by atoms with Gasteiger partial charge in [0.2, 0.25) is 5.91 Å². The largest absolute Gasteiger partial charge is 0.385 e. The molecular formula is C16H23N3O3. The van der Waals surface area contributed by atoms with Gasteiger partial charge in [-0.3, -0.25) is 14.9 Å². The zero-order chi connectivity index (χ0) is 16.1. The maximum Gasteiger partial charge on any atom is 0.269 e. The number of rotatable bonds is 8. The maximum atomic E-state index is 12.1. The van der Waals surface area contributed by atoms with Crippen molar-refractivity contribution in [2.45, 2.75) is 38.6 Å². The molecule has 120 valence electrons. The second kappa shape index (κ2) is 7.24. The zero-order valence-electron chi connectivity index (χ0n) is 13.1. The van der Waals surface area contributed by atoms with Crippen LogP contribution >= 0.6 is 0 Å². The molecule has 0 heterocycles. The summed E-state index contributed by atoms with van der Waals surface area (Å²) in [6, 6.07) is 6.65. The van der Waals surface area contributed by atoms with E-state index < -0.39 is 4.92 Å². The van der Waals surface area contributed by atoms with Crippen LogP contribution in [0.15, 0.2) is 24.3 Å². The van der Waals surface area contributed by atoms with Gasteiger partial charge in [0.05, 0.1) is 4.92 Å². The molecule has 1 N–H and O–H groups in total. The Morgan fingerprint density at radius 3 is 2.59 bits per heavy atom. The zero-order valence-corrected chi connectivity index (χ0v) is 13.1. The molecule has 1 fully saturated rings. The lowest BCUT2D eigenvalue weighted by Gasteiger charge is -2.25. The van der Waals surface area contributed by atoms with Crippen LogP contribution in [0, 0.1) is 16.0 Å². The summed E-state index contributed by atoms with van der Waals surface area (Å²) in [5.74, 6) is 0.872. The molecule has 0 aromatic heterocycles. The first-order valence-corrected chi connectivity index (χ1v) is 7.73. The number of hydrogen-bond acceptors (Lipinski definition) is 4.